The molecule has 1 fully saturated rings. The average molecular weight is 431 g/mol. The third-order valence-electron chi connectivity index (χ3n) is 5.82. The minimum Gasteiger partial charge on any atom is -0.487 e. The Hall–Kier alpha value is -3.22. The molecule has 2 aromatic carbocycles. The maximum absolute atomic E-state index is 12.7. The van der Waals surface area contributed by atoms with Crippen LogP contribution in [-0.2, 0) is 24.5 Å². The number of piperazine rings is 1. The number of carbonyl (C=O) groups is 1. The van der Waals surface area contributed by atoms with Gasteiger partial charge in [0.05, 0.1) is 5.69 Å². The summed E-state index contributed by atoms with van der Waals surface area (Å²) in [5.41, 5.74) is 3.25. The number of carbonyl (C=O) groups excluding carboxylic acids is 1. The minimum absolute atomic E-state index is 0.0605. The highest BCUT2D eigenvalue weighted by Crippen LogP contribution is 2.23. The first-order valence-electron chi connectivity index (χ1n) is 11.1. The van der Waals surface area contributed by atoms with Gasteiger partial charge in [-0.3, -0.25) is 19.6 Å². The average Bonchev–Trinajstić information content (AvgIpc) is 2.85. The lowest BCUT2D eigenvalue weighted by Gasteiger charge is -2.40. The monoisotopic (exact) mass is 430 g/mol. The second kappa shape index (κ2) is 10.9. The standard InChI is InChI=1S/C26H30N4O2/c1-27-26(31)24-19-29(15-16-30(24)17-21-9-3-2-4-10-21)18-22-11-5-6-13-25(22)32-20-23-12-7-8-14-28-23/h2-14,24H,15-20H2,1H3,(H,27,31). The van der Waals surface area contributed by atoms with E-state index in [1.807, 2.05) is 54.6 Å². The second-order valence-electron chi connectivity index (χ2n) is 8.04. The van der Waals surface area contributed by atoms with E-state index in [1.54, 1.807) is 13.2 Å². The fourth-order valence-corrected chi connectivity index (χ4v) is 4.09. The topological polar surface area (TPSA) is 57.7 Å². The molecular formula is C26H30N4O2. The van der Waals surface area contributed by atoms with E-state index in [9.17, 15) is 4.79 Å². The number of nitrogens with zero attached hydrogens (tertiary/aromatic N) is 3. The van der Waals surface area contributed by atoms with E-state index < -0.39 is 0 Å². The number of likely N-dealkylation sites (N-methyl/N-ethyl adjacent to an activating group) is 1. The smallest absolute Gasteiger partial charge is 0.238 e. The molecule has 166 valence electrons. The van der Waals surface area contributed by atoms with Gasteiger partial charge in [0.1, 0.15) is 18.4 Å². The van der Waals surface area contributed by atoms with Crippen molar-refractivity contribution in [2.75, 3.05) is 26.7 Å². The molecule has 0 aliphatic carbocycles. The molecule has 0 saturated carbocycles. The molecule has 0 spiro atoms. The maximum atomic E-state index is 12.7. The van der Waals surface area contributed by atoms with E-state index in [2.05, 4.69) is 38.3 Å². The van der Waals surface area contributed by atoms with Gasteiger partial charge in [0, 0.05) is 51.5 Å². The summed E-state index contributed by atoms with van der Waals surface area (Å²) in [5, 5.41) is 2.85. The number of rotatable bonds is 8. The van der Waals surface area contributed by atoms with Gasteiger partial charge in [0.15, 0.2) is 0 Å². The molecule has 1 saturated heterocycles. The van der Waals surface area contributed by atoms with Crippen molar-refractivity contribution >= 4 is 5.91 Å². The van der Waals surface area contributed by atoms with Crippen LogP contribution in [0.5, 0.6) is 5.75 Å². The zero-order chi connectivity index (χ0) is 22.2. The number of amides is 1. The molecule has 0 radical (unpaired) electrons. The van der Waals surface area contributed by atoms with Crippen molar-refractivity contribution in [1.29, 1.82) is 0 Å². The quantitative estimate of drug-likeness (QED) is 0.595. The van der Waals surface area contributed by atoms with Crippen molar-refractivity contribution < 1.29 is 9.53 Å². The third-order valence-corrected chi connectivity index (χ3v) is 5.82. The van der Waals surface area contributed by atoms with Crippen LogP contribution < -0.4 is 10.1 Å². The Labute approximate surface area is 189 Å². The molecule has 3 aromatic rings. The van der Waals surface area contributed by atoms with Gasteiger partial charge in [-0.15, -0.1) is 0 Å². The Kier molecular flexibility index (Phi) is 7.48. The Bertz CT molecular complexity index is 997. The highest BCUT2D eigenvalue weighted by atomic mass is 16.5. The molecule has 6 heteroatoms. The van der Waals surface area contributed by atoms with E-state index in [1.165, 1.54) is 5.56 Å². The number of para-hydroxylation sites is 1. The van der Waals surface area contributed by atoms with Gasteiger partial charge in [0.2, 0.25) is 5.91 Å². The summed E-state index contributed by atoms with van der Waals surface area (Å²) in [5.74, 6) is 0.923. The Balaban J connectivity index is 1.42. The van der Waals surface area contributed by atoms with Gasteiger partial charge in [-0.05, 0) is 23.8 Å². The second-order valence-corrected chi connectivity index (χ2v) is 8.04. The van der Waals surface area contributed by atoms with Crippen molar-refractivity contribution in [2.45, 2.75) is 25.7 Å². The van der Waals surface area contributed by atoms with E-state index in [-0.39, 0.29) is 11.9 Å². The van der Waals surface area contributed by atoms with Gasteiger partial charge < -0.3 is 10.1 Å². The van der Waals surface area contributed by atoms with Crippen LogP contribution in [0.4, 0.5) is 0 Å². The fraction of sp³-hybridized carbons (Fsp3) is 0.308. The lowest BCUT2D eigenvalue weighted by molar-refractivity contribution is -0.128. The lowest BCUT2D eigenvalue weighted by Crippen LogP contribution is -2.57. The van der Waals surface area contributed by atoms with Gasteiger partial charge in [-0.2, -0.15) is 0 Å². The minimum atomic E-state index is -0.185. The molecule has 1 aliphatic heterocycles. The summed E-state index contributed by atoms with van der Waals surface area (Å²) in [6.45, 7) is 4.37. The third kappa shape index (κ3) is 5.72. The first-order chi connectivity index (χ1) is 15.7. The summed E-state index contributed by atoms with van der Waals surface area (Å²) in [7, 11) is 1.71. The molecule has 1 atom stereocenters. The van der Waals surface area contributed by atoms with Gasteiger partial charge in [0.25, 0.3) is 0 Å². The van der Waals surface area contributed by atoms with E-state index >= 15 is 0 Å². The predicted molar refractivity (Wildman–Crippen MR) is 125 cm³/mol. The van der Waals surface area contributed by atoms with Crippen LogP contribution in [0, 0.1) is 0 Å². The van der Waals surface area contributed by atoms with Crippen LogP contribution in [0.3, 0.4) is 0 Å². The Morgan fingerprint density at radius 2 is 1.78 bits per heavy atom. The molecule has 1 N–H and O–H groups in total. The number of pyridine rings is 1. The van der Waals surface area contributed by atoms with Crippen molar-refractivity contribution in [2.24, 2.45) is 0 Å². The Morgan fingerprint density at radius 1 is 1.00 bits per heavy atom. The highest BCUT2D eigenvalue weighted by molar-refractivity contribution is 5.81. The Morgan fingerprint density at radius 3 is 2.56 bits per heavy atom. The molecule has 2 heterocycles. The molecular weight excluding hydrogens is 400 g/mol. The van der Waals surface area contributed by atoms with Crippen LogP contribution in [-0.4, -0.2) is 53.4 Å². The number of hydrogen-bond donors (Lipinski definition) is 1. The normalized spacial score (nSPS) is 17.1. The molecule has 0 bridgehead atoms. The zero-order valence-electron chi connectivity index (χ0n) is 18.5. The number of aromatic nitrogens is 1. The summed E-state index contributed by atoms with van der Waals surface area (Å²) >= 11 is 0. The molecule has 1 aliphatic rings. The number of benzene rings is 2. The lowest BCUT2D eigenvalue weighted by atomic mass is 10.1. The maximum Gasteiger partial charge on any atom is 0.238 e. The first-order valence-corrected chi connectivity index (χ1v) is 11.1. The summed E-state index contributed by atoms with van der Waals surface area (Å²) in [6.07, 6.45) is 1.78. The van der Waals surface area contributed by atoms with Crippen LogP contribution in [0.1, 0.15) is 16.8 Å². The summed E-state index contributed by atoms with van der Waals surface area (Å²) < 4.78 is 6.08. The van der Waals surface area contributed by atoms with Crippen LogP contribution in [0.25, 0.3) is 0 Å². The summed E-state index contributed by atoms with van der Waals surface area (Å²) in [4.78, 5) is 21.6. The SMILES string of the molecule is CNC(=O)C1CN(Cc2ccccc2OCc2ccccn2)CCN1Cc1ccccc1. The molecule has 6 nitrogen and oxygen atoms in total. The first kappa shape index (κ1) is 22.0. The van der Waals surface area contributed by atoms with Crippen molar-refractivity contribution in [3.63, 3.8) is 0 Å². The number of hydrogen-bond acceptors (Lipinski definition) is 5. The molecule has 1 amide bonds. The van der Waals surface area contributed by atoms with Gasteiger partial charge in [-0.1, -0.05) is 54.6 Å². The fourth-order valence-electron chi connectivity index (χ4n) is 4.09. The van der Waals surface area contributed by atoms with Crippen LogP contribution in [0.15, 0.2) is 79.0 Å². The highest BCUT2D eigenvalue weighted by Gasteiger charge is 2.32. The molecule has 32 heavy (non-hydrogen) atoms. The van der Waals surface area contributed by atoms with E-state index in [0.29, 0.717) is 13.2 Å². The predicted octanol–water partition coefficient (Wildman–Crippen LogP) is 3.09. The molecule has 1 aromatic heterocycles. The van der Waals surface area contributed by atoms with E-state index in [0.717, 1.165) is 43.2 Å². The largest absolute Gasteiger partial charge is 0.487 e. The van der Waals surface area contributed by atoms with Crippen LogP contribution >= 0.6 is 0 Å². The van der Waals surface area contributed by atoms with Crippen LogP contribution in [0.2, 0.25) is 0 Å². The van der Waals surface area contributed by atoms with Crippen molar-refractivity contribution in [1.82, 2.24) is 20.1 Å². The number of nitrogens with one attached hydrogen (secondary N) is 1. The van der Waals surface area contributed by atoms with Crippen molar-refractivity contribution in [3.8, 4) is 5.75 Å². The summed E-state index contributed by atoms with van der Waals surface area (Å²) in [6, 6.07) is 24.1. The number of ether oxygens (including phenoxy) is 1. The molecule has 1 unspecified atom stereocenters. The molecule has 4 rings (SSSR count). The van der Waals surface area contributed by atoms with Crippen molar-refractivity contribution in [3.05, 3.63) is 95.8 Å². The van der Waals surface area contributed by atoms with E-state index in [4.69, 9.17) is 4.74 Å². The van der Waals surface area contributed by atoms with Gasteiger partial charge in [-0.25, -0.2) is 0 Å². The van der Waals surface area contributed by atoms with Gasteiger partial charge >= 0.3 is 0 Å². The zero-order valence-corrected chi connectivity index (χ0v) is 18.5.